The maximum Gasteiger partial charge on any atom is 0.151 e. The first-order chi connectivity index (χ1) is 4.27. The Balaban J connectivity index is 2.83. The van der Waals surface area contributed by atoms with E-state index >= 15 is 0 Å². The van der Waals surface area contributed by atoms with Crippen LogP contribution in [0.1, 0.15) is 6.92 Å². The smallest absolute Gasteiger partial charge is 0.151 e. The molecule has 4 heteroatoms. The van der Waals surface area contributed by atoms with E-state index in [4.69, 9.17) is 11.1 Å². The van der Waals surface area contributed by atoms with Gasteiger partial charge in [-0.2, -0.15) is 0 Å². The summed E-state index contributed by atoms with van der Waals surface area (Å²) >= 11 is 1.37. The molecule has 0 atom stereocenters. The number of hydrogen-bond donors (Lipinski definition) is 3. The Hall–Kier alpha value is -0.220. The van der Waals surface area contributed by atoms with Crippen LogP contribution in [-0.4, -0.2) is 24.0 Å². The Labute approximate surface area is 59.9 Å². The maximum absolute atomic E-state index is 6.84. The lowest BCUT2D eigenvalue weighted by atomic mass is 10.7. The lowest BCUT2D eigenvalue weighted by Crippen LogP contribution is -2.17. The largest absolute Gasteiger partial charge is 0.379 e. The lowest BCUT2D eigenvalue weighted by Gasteiger charge is -1.98. The first-order valence-corrected chi connectivity index (χ1v) is 3.93. The second-order valence-corrected chi connectivity index (χ2v) is 2.70. The van der Waals surface area contributed by atoms with E-state index in [1.807, 2.05) is 0 Å². The highest BCUT2D eigenvalue weighted by Gasteiger charge is 1.87. The molecule has 0 spiro atoms. The Morgan fingerprint density at radius 1 is 1.78 bits per heavy atom. The van der Waals surface area contributed by atoms with Crippen molar-refractivity contribution in [2.45, 2.75) is 6.92 Å². The molecule has 0 rings (SSSR count). The van der Waals surface area contributed by atoms with Gasteiger partial charge in [0, 0.05) is 12.3 Å². The fourth-order valence-corrected chi connectivity index (χ4v) is 0.876. The summed E-state index contributed by atoms with van der Waals surface area (Å²) in [6, 6.07) is 0. The second kappa shape index (κ2) is 5.91. The monoisotopic (exact) mass is 147 g/mol. The Bertz CT molecular complexity index is 84.3. The van der Waals surface area contributed by atoms with Crippen molar-refractivity contribution in [2.75, 3.05) is 18.8 Å². The average Bonchev–Trinajstić information content (AvgIpc) is 1.80. The summed E-state index contributed by atoms with van der Waals surface area (Å²) in [7, 11) is 0. The SMILES string of the molecule is CCNCCSC(=N)N. The van der Waals surface area contributed by atoms with Gasteiger partial charge in [0.2, 0.25) is 0 Å². The second-order valence-electron chi connectivity index (χ2n) is 1.57. The van der Waals surface area contributed by atoms with Crippen molar-refractivity contribution in [2.24, 2.45) is 5.73 Å². The topological polar surface area (TPSA) is 61.9 Å². The minimum Gasteiger partial charge on any atom is -0.379 e. The predicted octanol–water partition coefficient (Wildman–Crippen LogP) is 0.223. The maximum atomic E-state index is 6.84. The van der Waals surface area contributed by atoms with Crippen LogP contribution in [0.3, 0.4) is 0 Å². The summed E-state index contributed by atoms with van der Waals surface area (Å²) in [4.78, 5) is 0. The van der Waals surface area contributed by atoms with Crippen LogP contribution in [0.2, 0.25) is 0 Å². The van der Waals surface area contributed by atoms with Gasteiger partial charge in [-0.05, 0) is 6.54 Å². The molecule has 3 nitrogen and oxygen atoms in total. The van der Waals surface area contributed by atoms with Gasteiger partial charge in [0.25, 0.3) is 0 Å². The molecule has 4 N–H and O–H groups in total. The molecule has 0 radical (unpaired) electrons. The van der Waals surface area contributed by atoms with Crippen LogP contribution in [0, 0.1) is 5.41 Å². The molecule has 0 unspecified atom stereocenters. The minimum absolute atomic E-state index is 0.202. The van der Waals surface area contributed by atoms with E-state index in [0.717, 1.165) is 18.8 Å². The van der Waals surface area contributed by atoms with Gasteiger partial charge in [-0.3, -0.25) is 5.41 Å². The van der Waals surface area contributed by atoms with Crippen molar-refractivity contribution in [3.8, 4) is 0 Å². The van der Waals surface area contributed by atoms with Crippen LogP contribution in [0.15, 0.2) is 0 Å². The van der Waals surface area contributed by atoms with Crippen LogP contribution >= 0.6 is 11.8 Å². The fourth-order valence-electron chi connectivity index (χ4n) is 0.410. The zero-order valence-corrected chi connectivity index (χ0v) is 6.42. The van der Waals surface area contributed by atoms with Crippen molar-refractivity contribution in [3.63, 3.8) is 0 Å². The van der Waals surface area contributed by atoms with Crippen molar-refractivity contribution in [3.05, 3.63) is 0 Å². The zero-order valence-electron chi connectivity index (χ0n) is 5.61. The zero-order chi connectivity index (χ0) is 7.11. The highest BCUT2D eigenvalue weighted by atomic mass is 32.2. The molecule has 0 saturated heterocycles. The molecule has 0 aromatic heterocycles. The van der Waals surface area contributed by atoms with Crippen molar-refractivity contribution in [1.29, 1.82) is 5.41 Å². The molecule has 0 aromatic carbocycles. The molecule has 0 aliphatic heterocycles. The first kappa shape index (κ1) is 8.78. The highest BCUT2D eigenvalue weighted by Crippen LogP contribution is 1.93. The van der Waals surface area contributed by atoms with Crippen molar-refractivity contribution in [1.82, 2.24) is 5.32 Å². The molecule has 0 fully saturated rings. The van der Waals surface area contributed by atoms with Gasteiger partial charge in [0.15, 0.2) is 5.17 Å². The van der Waals surface area contributed by atoms with Gasteiger partial charge >= 0.3 is 0 Å². The summed E-state index contributed by atoms with van der Waals surface area (Å²) in [5, 5.41) is 10.2. The van der Waals surface area contributed by atoms with E-state index in [1.54, 1.807) is 0 Å². The predicted molar refractivity (Wildman–Crippen MR) is 42.9 cm³/mol. The molecule has 0 aliphatic rings. The van der Waals surface area contributed by atoms with Gasteiger partial charge in [-0.1, -0.05) is 18.7 Å². The molecule has 0 aliphatic carbocycles. The summed E-state index contributed by atoms with van der Waals surface area (Å²) in [5.41, 5.74) is 5.09. The normalized spacial score (nSPS) is 9.44. The third kappa shape index (κ3) is 7.78. The van der Waals surface area contributed by atoms with Crippen LogP contribution in [0.25, 0.3) is 0 Å². The summed E-state index contributed by atoms with van der Waals surface area (Å²) in [6.07, 6.45) is 0. The van der Waals surface area contributed by atoms with E-state index in [1.165, 1.54) is 11.8 Å². The molecule has 0 amide bonds. The number of thioether (sulfide) groups is 1. The third-order valence-corrected chi connectivity index (χ3v) is 1.51. The van der Waals surface area contributed by atoms with E-state index in [-0.39, 0.29) is 5.17 Å². The van der Waals surface area contributed by atoms with Crippen LogP contribution < -0.4 is 11.1 Å². The highest BCUT2D eigenvalue weighted by molar-refractivity contribution is 8.13. The molecular formula is C5H13N3S. The Morgan fingerprint density at radius 3 is 2.89 bits per heavy atom. The number of rotatable bonds is 4. The number of nitrogens with one attached hydrogen (secondary N) is 2. The molecule has 0 bridgehead atoms. The molecular weight excluding hydrogens is 134 g/mol. The van der Waals surface area contributed by atoms with E-state index < -0.39 is 0 Å². The molecule has 0 heterocycles. The van der Waals surface area contributed by atoms with Crippen molar-refractivity contribution >= 4 is 16.9 Å². The molecule has 9 heavy (non-hydrogen) atoms. The quantitative estimate of drug-likeness (QED) is 0.303. The standard InChI is InChI=1S/C5H13N3S/c1-2-8-3-4-9-5(6)7/h8H,2-4H2,1H3,(H3,6,7). The van der Waals surface area contributed by atoms with Crippen LogP contribution in [-0.2, 0) is 0 Å². The van der Waals surface area contributed by atoms with E-state index in [9.17, 15) is 0 Å². The lowest BCUT2D eigenvalue weighted by molar-refractivity contribution is 0.769. The molecule has 0 saturated carbocycles. The van der Waals surface area contributed by atoms with Crippen LogP contribution in [0.5, 0.6) is 0 Å². The van der Waals surface area contributed by atoms with Gasteiger partial charge in [-0.25, -0.2) is 0 Å². The van der Waals surface area contributed by atoms with Gasteiger partial charge < -0.3 is 11.1 Å². The summed E-state index contributed by atoms with van der Waals surface area (Å²) in [6.45, 7) is 3.97. The molecule has 0 aromatic rings. The Kier molecular flexibility index (Phi) is 5.76. The van der Waals surface area contributed by atoms with Gasteiger partial charge in [0.1, 0.15) is 0 Å². The third-order valence-electron chi connectivity index (χ3n) is 0.786. The van der Waals surface area contributed by atoms with Crippen LogP contribution in [0.4, 0.5) is 0 Å². The van der Waals surface area contributed by atoms with E-state index in [2.05, 4.69) is 12.2 Å². The average molecular weight is 147 g/mol. The minimum atomic E-state index is 0.202. The number of amidine groups is 1. The van der Waals surface area contributed by atoms with Crippen molar-refractivity contribution < 1.29 is 0 Å². The Morgan fingerprint density at radius 2 is 2.44 bits per heavy atom. The molecule has 54 valence electrons. The van der Waals surface area contributed by atoms with E-state index in [0.29, 0.717) is 0 Å². The summed E-state index contributed by atoms with van der Waals surface area (Å²) < 4.78 is 0. The van der Waals surface area contributed by atoms with Gasteiger partial charge in [0.05, 0.1) is 0 Å². The first-order valence-electron chi connectivity index (χ1n) is 2.95. The fraction of sp³-hybridized carbons (Fsp3) is 0.800. The number of nitrogens with two attached hydrogens (primary N) is 1. The van der Waals surface area contributed by atoms with Gasteiger partial charge in [-0.15, -0.1) is 0 Å². The number of hydrogen-bond acceptors (Lipinski definition) is 3. The summed E-state index contributed by atoms with van der Waals surface area (Å²) in [5.74, 6) is 0.892.